The zero-order chi connectivity index (χ0) is 26.6. The Hall–Kier alpha value is -3.58. The molecule has 0 unspecified atom stereocenters. The molecule has 37 heavy (non-hydrogen) atoms. The van der Waals surface area contributed by atoms with Gasteiger partial charge in [0.2, 0.25) is 0 Å². The summed E-state index contributed by atoms with van der Waals surface area (Å²) in [5, 5.41) is 0. The van der Waals surface area contributed by atoms with Gasteiger partial charge < -0.3 is 4.74 Å². The smallest absolute Gasteiger partial charge is 0.376 e. The first-order chi connectivity index (χ1) is 17.6. The van der Waals surface area contributed by atoms with Crippen molar-refractivity contribution in [2.45, 2.75) is 39.0 Å². The van der Waals surface area contributed by atoms with E-state index < -0.39 is 11.7 Å². The number of nitrogens with zero attached hydrogens (tertiary/aromatic N) is 1. The van der Waals surface area contributed by atoms with Crippen molar-refractivity contribution < 1.29 is 26.7 Å². The second kappa shape index (κ2) is 11.2. The lowest BCUT2D eigenvalue weighted by molar-refractivity contribution is -0.137. The van der Waals surface area contributed by atoms with Crippen LogP contribution in [0.3, 0.4) is 0 Å². The van der Waals surface area contributed by atoms with Gasteiger partial charge in [-0.3, -0.25) is 4.98 Å². The van der Waals surface area contributed by atoms with Crippen molar-refractivity contribution in [3.63, 3.8) is 0 Å². The van der Waals surface area contributed by atoms with Gasteiger partial charge in [-0.05, 0) is 83.6 Å². The molecular formula is C30H26F5NO. The van der Waals surface area contributed by atoms with Crippen molar-refractivity contribution in [1.29, 1.82) is 0 Å². The van der Waals surface area contributed by atoms with Gasteiger partial charge in [0.15, 0.2) is 0 Å². The van der Waals surface area contributed by atoms with E-state index in [-0.39, 0.29) is 24.2 Å². The molecule has 0 spiro atoms. The molecule has 0 aliphatic carbocycles. The number of rotatable bonds is 8. The van der Waals surface area contributed by atoms with Gasteiger partial charge in [-0.1, -0.05) is 38.1 Å². The highest BCUT2D eigenvalue weighted by atomic mass is 19.4. The Morgan fingerprint density at radius 2 is 1.35 bits per heavy atom. The van der Waals surface area contributed by atoms with Crippen LogP contribution in [0.4, 0.5) is 22.0 Å². The van der Waals surface area contributed by atoms with E-state index in [1.54, 1.807) is 24.3 Å². The van der Waals surface area contributed by atoms with Crippen molar-refractivity contribution in [3.05, 3.63) is 113 Å². The van der Waals surface area contributed by atoms with E-state index in [1.807, 2.05) is 19.9 Å². The van der Waals surface area contributed by atoms with Gasteiger partial charge in [-0.25, -0.2) is 8.78 Å². The van der Waals surface area contributed by atoms with Crippen LogP contribution in [0.25, 0.3) is 22.4 Å². The molecule has 0 N–H and O–H groups in total. The lowest BCUT2D eigenvalue weighted by atomic mass is 9.93. The van der Waals surface area contributed by atoms with Crippen LogP contribution in [0.1, 0.15) is 42.1 Å². The van der Waals surface area contributed by atoms with Crippen molar-refractivity contribution in [3.8, 4) is 22.4 Å². The maximum absolute atomic E-state index is 13.7. The Bertz CT molecular complexity index is 1330. The number of aromatic nitrogens is 1. The van der Waals surface area contributed by atoms with Crippen LogP contribution in [-0.4, -0.2) is 11.6 Å². The van der Waals surface area contributed by atoms with Gasteiger partial charge in [-0.15, -0.1) is 0 Å². The summed E-state index contributed by atoms with van der Waals surface area (Å²) in [7, 11) is 0. The average Bonchev–Trinajstić information content (AvgIpc) is 2.87. The van der Waals surface area contributed by atoms with Crippen LogP contribution < -0.4 is 0 Å². The first kappa shape index (κ1) is 26.5. The lowest BCUT2D eigenvalue weighted by Gasteiger charge is -2.19. The van der Waals surface area contributed by atoms with Gasteiger partial charge in [0.05, 0.1) is 24.5 Å². The molecule has 0 amide bonds. The topological polar surface area (TPSA) is 22.1 Å². The van der Waals surface area contributed by atoms with E-state index in [4.69, 9.17) is 9.72 Å². The summed E-state index contributed by atoms with van der Waals surface area (Å²) in [5.74, 6) is -0.659. The van der Waals surface area contributed by atoms with Gasteiger partial charge in [0.1, 0.15) is 11.6 Å². The number of hydrogen-bond donors (Lipinski definition) is 0. The number of benzene rings is 3. The third-order valence-corrected chi connectivity index (χ3v) is 6.06. The Morgan fingerprint density at radius 1 is 0.784 bits per heavy atom. The number of alkyl halides is 3. The molecule has 0 saturated carbocycles. The molecule has 0 radical (unpaired) electrons. The van der Waals surface area contributed by atoms with E-state index in [9.17, 15) is 22.0 Å². The first-order valence-electron chi connectivity index (χ1n) is 11.9. The highest BCUT2D eigenvalue weighted by Crippen LogP contribution is 2.34. The Kier molecular flexibility index (Phi) is 8.03. The summed E-state index contributed by atoms with van der Waals surface area (Å²) in [6, 6.07) is 19.2. The van der Waals surface area contributed by atoms with Crippen LogP contribution in [0.5, 0.6) is 0 Å². The minimum absolute atomic E-state index is 0.0353. The molecular weight excluding hydrogens is 485 g/mol. The lowest BCUT2D eigenvalue weighted by Crippen LogP contribution is -2.08. The second-order valence-electron chi connectivity index (χ2n) is 9.08. The molecule has 4 aromatic rings. The predicted octanol–water partition coefficient (Wildman–Crippen LogP) is 8.60. The van der Waals surface area contributed by atoms with E-state index in [0.29, 0.717) is 18.7 Å². The summed E-state index contributed by atoms with van der Waals surface area (Å²) in [6.45, 7) is 4.54. The van der Waals surface area contributed by atoms with Crippen molar-refractivity contribution >= 4 is 0 Å². The van der Waals surface area contributed by atoms with Crippen molar-refractivity contribution in [2.75, 3.05) is 6.61 Å². The summed E-state index contributed by atoms with van der Waals surface area (Å²) in [5.41, 5.74) is 4.73. The quantitative estimate of drug-likeness (QED) is 0.175. The predicted molar refractivity (Wildman–Crippen MR) is 134 cm³/mol. The van der Waals surface area contributed by atoms with E-state index in [2.05, 4.69) is 0 Å². The molecule has 0 bridgehead atoms. The first-order valence-corrected chi connectivity index (χ1v) is 11.9. The number of pyridine rings is 1. The molecule has 2 nitrogen and oxygen atoms in total. The SMILES string of the molecule is CC(C)c1nc(-c2ccc(F)cc2)cc(-c2ccc(F)cc2)c1COCCc1ccc(C(F)(F)F)cc1. The summed E-state index contributed by atoms with van der Waals surface area (Å²) in [4.78, 5) is 4.86. The molecule has 3 aromatic carbocycles. The molecule has 192 valence electrons. The summed E-state index contributed by atoms with van der Waals surface area (Å²) in [6.07, 6.45) is -3.92. The van der Waals surface area contributed by atoms with Crippen LogP contribution >= 0.6 is 0 Å². The fourth-order valence-electron chi connectivity index (χ4n) is 4.10. The highest BCUT2D eigenvalue weighted by Gasteiger charge is 2.29. The molecule has 1 aromatic heterocycles. The molecule has 0 fully saturated rings. The van der Waals surface area contributed by atoms with Crippen molar-refractivity contribution in [2.24, 2.45) is 0 Å². The molecule has 0 aliphatic rings. The van der Waals surface area contributed by atoms with E-state index >= 15 is 0 Å². The van der Waals surface area contributed by atoms with Gasteiger partial charge in [0.25, 0.3) is 0 Å². The third-order valence-electron chi connectivity index (χ3n) is 6.06. The summed E-state index contributed by atoms with van der Waals surface area (Å²) >= 11 is 0. The zero-order valence-corrected chi connectivity index (χ0v) is 20.4. The van der Waals surface area contributed by atoms with E-state index in [1.165, 1.54) is 36.4 Å². The third kappa shape index (κ3) is 6.60. The number of ether oxygens (including phenoxy) is 1. The van der Waals surface area contributed by atoms with E-state index in [0.717, 1.165) is 45.6 Å². The minimum atomic E-state index is -4.37. The Labute approximate surface area is 212 Å². The minimum Gasteiger partial charge on any atom is -0.376 e. The van der Waals surface area contributed by atoms with Crippen LogP contribution in [-0.2, 0) is 23.9 Å². The number of halogens is 5. The maximum atomic E-state index is 13.7. The molecule has 0 aliphatic heterocycles. The maximum Gasteiger partial charge on any atom is 0.416 e. The van der Waals surface area contributed by atoms with Gasteiger partial charge in [0, 0.05) is 16.8 Å². The molecule has 7 heteroatoms. The fraction of sp³-hybridized carbons (Fsp3) is 0.233. The van der Waals surface area contributed by atoms with Crippen LogP contribution in [0.15, 0.2) is 78.9 Å². The zero-order valence-electron chi connectivity index (χ0n) is 20.4. The standard InChI is InChI=1S/C30H26F5NO/c1-19(2)29-27(18-37-16-15-20-3-9-23(10-4-20)30(33,34)35)26(21-5-11-24(31)12-6-21)17-28(36-29)22-7-13-25(32)14-8-22/h3-14,17,19H,15-16,18H2,1-2H3. The summed E-state index contributed by atoms with van der Waals surface area (Å²) < 4.78 is 71.5. The van der Waals surface area contributed by atoms with Crippen LogP contribution in [0.2, 0.25) is 0 Å². The molecule has 0 saturated heterocycles. The fourth-order valence-corrected chi connectivity index (χ4v) is 4.10. The van der Waals surface area contributed by atoms with Gasteiger partial charge in [-0.2, -0.15) is 13.2 Å². The molecule has 4 rings (SSSR count). The highest BCUT2D eigenvalue weighted by molar-refractivity contribution is 5.74. The number of hydrogen-bond acceptors (Lipinski definition) is 2. The second-order valence-corrected chi connectivity index (χ2v) is 9.08. The van der Waals surface area contributed by atoms with Crippen molar-refractivity contribution in [1.82, 2.24) is 4.98 Å². The monoisotopic (exact) mass is 511 g/mol. The van der Waals surface area contributed by atoms with Crippen LogP contribution in [0, 0.1) is 11.6 Å². The normalized spacial score (nSPS) is 11.8. The Balaban J connectivity index is 1.61. The largest absolute Gasteiger partial charge is 0.416 e. The molecule has 0 atom stereocenters. The molecule has 1 heterocycles. The average molecular weight is 512 g/mol. The Morgan fingerprint density at radius 3 is 1.89 bits per heavy atom. The van der Waals surface area contributed by atoms with Gasteiger partial charge >= 0.3 is 6.18 Å².